The second-order valence-electron chi connectivity index (χ2n) is 24.5. The van der Waals surface area contributed by atoms with Crippen molar-refractivity contribution in [1.29, 1.82) is 0 Å². The molecule has 0 unspecified atom stereocenters. The zero-order valence-electron chi connectivity index (χ0n) is 73.5. The smallest absolute Gasteiger partial charge is 0.339 e. The van der Waals surface area contributed by atoms with Crippen LogP contribution >= 0.6 is 0 Å². The molecule has 40 nitrogen and oxygen atoms in total. The van der Waals surface area contributed by atoms with Crippen molar-refractivity contribution < 1.29 is 191 Å². The quantitative estimate of drug-likeness (QED) is 0.0155. The van der Waals surface area contributed by atoms with E-state index in [1.165, 1.54) is 155 Å². The molecule has 5 aromatic carbocycles. The van der Waals surface area contributed by atoms with Gasteiger partial charge in [0.2, 0.25) is 0 Å². The summed E-state index contributed by atoms with van der Waals surface area (Å²) in [5.74, 6) is -13.6. The lowest BCUT2D eigenvalue weighted by molar-refractivity contribution is -0.151. The third-order valence-electron chi connectivity index (χ3n) is 17.3. The van der Waals surface area contributed by atoms with E-state index >= 15 is 0 Å². The molecule has 6 rings (SSSR count). The predicted octanol–water partition coefficient (Wildman–Crippen LogP) is 9.12. The molecule has 0 radical (unpaired) electrons. The maximum atomic E-state index is 12.5. The number of hydrogen-bond donors (Lipinski definition) is 0. The molecule has 1 aliphatic carbocycles. The summed E-state index contributed by atoms with van der Waals surface area (Å²) in [6.45, 7) is 10.3. The van der Waals surface area contributed by atoms with Crippen molar-refractivity contribution in [3.8, 4) is 0 Å². The van der Waals surface area contributed by atoms with E-state index in [0.29, 0.717) is 47.9 Å². The van der Waals surface area contributed by atoms with Gasteiger partial charge in [0.05, 0.1) is 232 Å². The molecule has 40 heteroatoms. The van der Waals surface area contributed by atoms with Crippen LogP contribution < -0.4 is 0 Å². The maximum absolute atomic E-state index is 12.5. The summed E-state index contributed by atoms with van der Waals surface area (Å²) in [7, 11) is 23.4. The zero-order valence-corrected chi connectivity index (χ0v) is 73.5. The first-order valence-electron chi connectivity index (χ1n) is 36.4. The van der Waals surface area contributed by atoms with Crippen LogP contribution in [0.15, 0.2) is 86.0 Å². The van der Waals surface area contributed by atoms with E-state index < -0.39 is 117 Å². The highest BCUT2D eigenvalue weighted by Gasteiger charge is 2.43. The number of hydrogen-bond acceptors (Lipinski definition) is 40. The first kappa shape index (κ1) is 111. The molecule has 1 aliphatic rings. The largest absolute Gasteiger partial charge is 0.497 e. The Kier molecular flexibility index (Phi) is 50.5. The van der Waals surface area contributed by atoms with E-state index in [1.54, 1.807) is 24.3 Å². The fraction of sp³-hybridized carbons (Fsp3) is 0.372. The Labute approximate surface area is 723 Å². The summed E-state index contributed by atoms with van der Waals surface area (Å²) in [6.07, 6.45) is 4.99. The second-order valence-corrected chi connectivity index (χ2v) is 24.5. The van der Waals surface area contributed by atoms with Crippen LogP contribution in [0.1, 0.15) is 242 Å². The summed E-state index contributed by atoms with van der Waals surface area (Å²) in [5, 5.41) is 0. The van der Waals surface area contributed by atoms with Gasteiger partial charge in [-0.1, -0.05) is 37.4 Å². The van der Waals surface area contributed by atoms with Gasteiger partial charge in [-0.25, -0.2) is 67.1 Å². The first-order valence-corrected chi connectivity index (χ1v) is 36.4. The van der Waals surface area contributed by atoms with Crippen LogP contribution in [0.5, 0.6) is 0 Å². The molecule has 1 saturated carbocycles. The van der Waals surface area contributed by atoms with Crippen LogP contribution in [0.2, 0.25) is 0 Å². The lowest BCUT2D eigenvalue weighted by atomic mass is 9.82. The first-order chi connectivity index (χ1) is 59.6. The highest BCUT2D eigenvalue weighted by atomic mass is 16.6. The Hall–Kier alpha value is -15.0. The molecule has 0 N–H and O–H groups in total. The van der Waals surface area contributed by atoms with Gasteiger partial charge in [0.25, 0.3) is 0 Å². The van der Waals surface area contributed by atoms with Crippen molar-refractivity contribution in [2.24, 2.45) is 11.8 Å². The molecule has 1 fully saturated rings. The minimum atomic E-state index is -1.32. The molecule has 0 atom stereocenters. The summed E-state index contributed by atoms with van der Waals surface area (Å²) in [4.78, 5) is 233. The van der Waals surface area contributed by atoms with Crippen LogP contribution in [0.3, 0.4) is 0 Å². The zero-order chi connectivity index (χ0) is 96.5. The van der Waals surface area contributed by atoms with Crippen molar-refractivity contribution in [3.05, 3.63) is 186 Å². The molecule has 0 amide bonds. The van der Waals surface area contributed by atoms with Crippen LogP contribution in [0, 0.1) is 11.8 Å². The average Bonchev–Trinajstić information content (AvgIpc) is 0.729. The van der Waals surface area contributed by atoms with Crippen molar-refractivity contribution in [1.82, 2.24) is 0 Å². The van der Waals surface area contributed by atoms with Gasteiger partial charge in [-0.05, 0) is 101 Å². The Morgan fingerprint density at radius 3 is 0.667 bits per heavy atom. The van der Waals surface area contributed by atoms with E-state index in [0.717, 1.165) is 75.5 Å². The normalized spacial score (nSPS) is 11.5. The molecular weight excluding hydrogens is 1670 g/mol. The predicted molar refractivity (Wildman–Crippen MR) is 435 cm³/mol. The number of rotatable bonds is 27. The molecule has 0 aliphatic heterocycles. The number of esters is 18. The summed E-state index contributed by atoms with van der Waals surface area (Å²) in [6, 6.07) is 17.4. The van der Waals surface area contributed by atoms with Crippen LogP contribution in [0.25, 0.3) is 11.5 Å². The Balaban J connectivity index is 0.00000148. The number of Topliss-reactive ketones (excluding diaryl/α,β-unsaturated/α-hetero) is 2. The standard InChI is InChI=1S/C18H18O12.C15H16O7.C13H14O5.C12H12O6.C10H16O4.C10H10O2.C8H14O4/c1-25-13(19)7-8(14(20)26-2)10(16(22)28-4)12(18(24)30-6)11(17(23)29-5)9(7)15(21)27-3;1-8(19-2)9-6-11(14(17)21-4)12(15(18)22-5)7-10(9)13(16)20-3;1-8(16-2)11-7-9(12(14)17-3)5-6-10(11)13(15)18-4;1-16-10(13)7-4-8(11(14)17-2)6-9(5-7)12(15)18-3;1-13-9(11)7-3-5-8(6-4-7)10(12)14-2;1-7(11)9-3-5-10(6-4-9)8(2)12;1-11-7(9)5-3-4-6-8(10)12-2/h1-6H3;6-7H,1H2,2-5H3;5-7H,1H2,2-4H3;4-6H,1-3H3;7-8H,3-6H2,1-2H3;3-6H,1-2H3;3-6H2,1-2H3. The lowest BCUT2D eigenvalue weighted by Crippen LogP contribution is -2.30. The minimum absolute atomic E-state index is 0.0161. The Morgan fingerprint density at radius 1 is 0.230 bits per heavy atom. The summed E-state index contributed by atoms with van der Waals surface area (Å²) in [5.41, 5.74) is -2.73. The molecular formula is C86H100O40. The van der Waals surface area contributed by atoms with Crippen LogP contribution in [-0.2, 0) is 114 Å². The van der Waals surface area contributed by atoms with Gasteiger partial charge in [0, 0.05) is 35.1 Å². The Morgan fingerprint density at radius 2 is 0.444 bits per heavy atom. The molecule has 0 aromatic heterocycles. The molecule has 126 heavy (non-hydrogen) atoms. The number of unbranched alkanes of at least 4 members (excludes halogenated alkanes) is 1. The molecule has 0 spiro atoms. The lowest BCUT2D eigenvalue weighted by Gasteiger charge is -2.24. The molecule has 0 bridgehead atoms. The maximum Gasteiger partial charge on any atom is 0.339 e. The van der Waals surface area contributed by atoms with Gasteiger partial charge in [0.1, 0.15) is 11.5 Å². The monoisotopic (exact) mass is 1770 g/mol. The second kappa shape index (κ2) is 57.3. The number of ether oxygens (including phenoxy) is 20. The van der Waals surface area contributed by atoms with Crippen LogP contribution in [0.4, 0.5) is 0 Å². The van der Waals surface area contributed by atoms with E-state index in [1.807, 2.05) is 0 Å². The summed E-state index contributed by atoms with van der Waals surface area (Å²) >= 11 is 0. The van der Waals surface area contributed by atoms with Gasteiger partial charge >= 0.3 is 107 Å². The fourth-order valence-electron chi connectivity index (χ4n) is 10.7. The van der Waals surface area contributed by atoms with E-state index in [-0.39, 0.29) is 103 Å². The topological polar surface area (TPSA) is 526 Å². The SMILES string of the molecule is C=C(OC)c1cc(C(=O)OC)c(C(=O)OC)cc1C(=O)OC.C=C(OC)c1cc(C(=O)OC)ccc1C(=O)OC.CC(=O)c1ccc(C(C)=O)cc1.COC(=O)C1CCC(C(=O)OC)CC1.COC(=O)CCCCC(=O)OC.COC(=O)c1c(C(=O)OC)c(C(=O)OC)c(C(=O)OC)c(C(=O)OC)c1C(=O)OC.COC(=O)c1cc(C(=O)OC)cc(C(=O)OC)c1. The molecule has 0 saturated heterocycles. The van der Waals surface area contributed by atoms with Crippen LogP contribution in [-0.4, -0.2) is 261 Å². The third kappa shape index (κ3) is 32.7. The van der Waals surface area contributed by atoms with Crippen molar-refractivity contribution in [2.75, 3.05) is 142 Å². The van der Waals surface area contributed by atoms with Crippen molar-refractivity contribution in [2.45, 2.75) is 65.2 Å². The third-order valence-corrected chi connectivity index (χ3v) is 17.3. The minimum Gasteiger partial charge on any atom is -0.497 e. The number of carbonyl (C=O) groups excluding carboxylic acids is 20. The molecule has 0 heterocycles. The van der Waals surface area contributed by atoms with E-state index in [4.69, 9.17) is 9.47 Å². The van der Waals surface area contributed by atoms with E-state index in [2.05, 4.69) is 98.4 Å². The van der Waals surface area contributed by atoms with Gasteiger partial charge in [0.15, 0.2) is 11.6 Å². The summed E-state index contributed by atoms with van der Waals surface area (Å²) < 4.78 is 92.5. The highest BCUT2D eigenvalue weighted by molar-refractivity contribution is 6.24. The highest BCUT2D eigenvalue weighted by Crippen LogP contribution is 2.35. The number of benzene rings is 5. The number of ketones is 2. The van der Waals surface area contributed by atoms with Crippen molar-refractivity contribution >= 4 is 131 Å². The average molecular weight is 1770 g/mol. The number of carbonyl (C=O) groups is 20. The fourth-order valence-corrected chi connectivity index (χ4v) is 10.7. The van der Waals surface area contributed by atoms with Gasteiger partial charge in [-0.3, -0.25) is 28.8 Å². The number of methoxy groups -OCH3 is 20. The molecule has 5 aromatic rings. The molecule has 684 valence electrons. The van der Waals surface area contributed by atoms with E-state index in [9.17, 15) is 95.9 Å². The van der Waals surface area contributed by atoms with Gasteiger partial charge < -0.3 is 94.7 Å². The van der Waals surface area contributed by atoms with Gasteiger partial charge in [-0.2, -0.15) is 0 Å². The van der Waals surface area contributed by atoms with Crippen molar-refractivity contribution in [3.63, 3.8) is 0 Å². The van der Waals surface area contributed by atoms with Gasteiger partial charge in [-0.15, -0.1) is 0 Å². The Bertz CT molecular complexity index is 4340.